The minimum Gasteiger partial charge on any atom is -0.314 e. The number of aryl methyl sites for hydroxylation is 1. The van der Waals surface area contributed by atoms with Gasteiger partial charge in [-0.05, 0) is 31.5 Å². The average molecular weight is 334 g/mol. The fourth-order valence-corrected chi connectivity index (χ4v) is 3.16. The zero-order chi connectivity index (χ0) is 16.0. The van der Waals surface area contributed by atoms with Gasteiger partial charge in [-0.3, -0.25) is 4.72 Å². The van der Waals surface area contributed by atoms with Crippen LogP contribution in [0.3, 0.4) is 0 Å². The Labute approximate surface area is 132 Å². The predicted octanol–water partition coefficient (Wildman–Crippen LogP) is 2.63. The summed E-state index contributed by atoms with van der Waals surface area (Å²) in [6.07, 6.45) is 0.747. The van der Waals surface area contributed by atoms with Gasteiger partial charge in [0.2, 0.25) is 0 Å². The molecule has 1 aromatic carbocycles. The molecule has 0 atom stereocenters. The van der Waals surface area contributed by atoms with Gasteiger partial charge in [-0.25, -0.2) is 0 Å². The predicted molar refractivity (Wildman–Crippen MR) is 89.1 cm³/mol. The third-order valence-electron chi connectivity index (χ3n) is 3.07. The normalized spacial score (nSPS) is 12.1. The summed E-state index contributed by atoms with van der Waals surface area (Å²) in [4.78, 5) is 0. The number of halogens is 1. The van der Waals surface area contributed by atoms with Gasteiger partial charge >= 0.3 is 10.2 Å². The molecule has 0 spiro atoms. The summed E-state index contributed by atoms with van der Waals surface area (Å²) in [6, 6.07) is 5.67. The van der Waals surface area contributed by atoms with Crippen molar-refractivity contribution in [2.24, 2.45) is 0 Å². The number of benzene rings is 1. The van der Waals surface area contributed by atoms with Crippen LogP contribution >= 0.6 is 11.6 Å². The number of nitrogens with one attached hydrogen (secondary N) is 2. The summed E-state index contributed by atoms with van der Waals surface area (Å²) < 4.78 is 28.4. The maximum absolute atomic E-state index is 12.3. The highest BCUT2D eigenvalue weighted by Gasteiger charge is 2.19. The Balaban J connectivity index is 2.64. The Morgan fingerprint density at radius 3 is 2.57 bits per heavy atom. The standard InChI is InChI=1S/C14H24ClN3O2S/c1-11(2)16-9-6-10-18(4)21(19,20)17-14-12(3)7-5-8-13(14)15/h5,7-8,11,16-17H,6,9-10H2,1-4H3. The van der Waals surface area contributed by atoms with Gasteiger partial charge in [0, 0.05) is 19.6 Å². The van der Waals surface area contributed by atoms with E-state index in [1.54, 1.807) is 19.2 Å². The lowest BCUT2D eigenvalue weighted by molar-refractivity contribution is 0.451. The fourth-order valence-electron chi connectivity index (χ4n) is 1.78. The summed E-state index contributed by atoms with van der Waals surface area (Å²) >= 11 is 6.05. The Kier molecular flexibility index (Phi) is 6.93. The molecule has 21 heavy (non-hydrogen) atoms. The minimum absolute atomic E-state index is 0.397. The van der Waals surface area contributed by atoms with Gasteiger partial charge in [-0.1, -0.05) is 37.6 Å². The number of nitrogens with zero attached hydrogens (tertiary/aromatic N) is 1. The number of hydrogen-bond acceptors (Lipinski definition) is 3. The molecule has 7 heteroatoms. The van der Waals surface area contributed by atoms with Crippen molar-refractivity contribution in [2.75, 3.05) is 24.9 Å². The van der Waals surface area contributed by atoms with Crippen molar-refractivity contribution < 1.29 is 8.42 Å². The first-order valence-corrected chi connectivity index (χ1v) is 8.78. The van der Waals surface area contributed by atoms with Crippen molar-refractivity contribution in [1.29, 1.82) is 0 Å². The van der Waals surface area contributed by atoms with Crippen LogP contribution in [-0.4, -0.2) is 38.9 Å². The van der Waals surface area contributed by atoms with Gasteiger partial charge in [-0.2, -0.15) is 12.7 Å². The number of para-hydroxylation sites is 1. The molecule has 120 valence electrons. The maximum atomic E-state index is 12.3. The van der Waals surface area contributed by atoms with Gasteiger partial charge in [0.15, 0.2) is 0 Å². The van der Waals surface area contributed by atoms with Crippen molar-refractivity contribution in [3.05, 3.63) is 28.8 Å². The molecule has 0 saturated carbocycles. The molecule has 0 fully saturated rings. The quantitative estimate of drug-likeness (QED) is 0.719. The Morgan fingerprint density at radius 1 is 1.33 bits per heavy atom. The van der Waals surface area contributed by atoms with Gasteiger partial charge in [-0.15, -0.1) is 0 Å². The van der Waals surface area contributed by atoms with Gasteiger partial charge in [0.1, 0.15) is 0 Å². The molecule has 0 aliphatic carbocycles. The molecule has 0 amide bonds. The molecule has 2 N–H and O–H groups in total. The molecule has 0 radical (unpaired) electrons. The van der Waals surface area contributed by atoms with E-state index < -0.39 is 10.2 Å². The maximum Gasteiger partial charge on any atom is 0.301 e. The third-order valence-corrected chi connectivity index (χ3v) is 4.85. The highest BCUT2D eigenvalue weighted by Crippen LogP contribution is 2.26. The molecule has 0 bridgehead atoms. The van der Waals surface area contributed by atoms with Crippen LogP contribution in [0.25, 0.3) is 0 Å². The zero-order valence-electron chi connectivity index (χ0n) is 13.0. The Bertz CT molecular complexity index is 541. The molecule has 0 aliphatic heterocycles. The van der Waals surface area contributed by atoms with E-state index in [2.05, 4.69) is 23.9 Å². The van der Waals surface area contributed by atoms with Crippen LogP contribution in [0.15, 0.2) is 18.2 Å². The number of anilines is 1. The van der Waals surface area contributed by atoms with Crippen LogP contribution < -0.4 is 10.0 Å². The van der Waals surface area contributed by atoms with E-state index in [1.807, 2.05) is 13.0 Å². The fraction of sp³-hybridized carbons (Fsp3) is 0.571. The van der Waals surface area contributed by atoms with Gasteiger partial charge in [0.05, 0.1) is 10.7 Å². The molecule has 5 nitrogen and oxygen atoms in total. The number of hydrogen-bond donors (Lipinski definition) is 2. The molecule has 1 rings (SSSR count). The highest BCUT2D eigenvalue weighted by atomic mass is 35.5. The second kappa shape index (κ2) is 7.98. The largest absolute Gasteiger partial charge is 0.314 e. The summed E-state index contributed by atoms with van der Waals surface area (Å²) in [5.74, 6) is 0. The molecule has 0 heterocycles. The molecule has 0 aromatic heterocycles. The average Bonchev–Trinajstić information content (AvgIpc) is 2.38. The van der Waals surface area contributed by atoms with Gasteiger partial charge < -0.3 is 5.32 Å². The SMILES string of the molecule is Cc1cccc(Cl)c1NS(=O)(=O)N(C)CCCNC(C)C. The molecule has 0 unspecified atom stereocenters. The second-order valence-electron chi connectivity index (χ2n) is 5.32. The summed E-state index contributed by atoms with van der Waals surface area (Å²) in [6.45, 7) is 7.15. The van der Waals surface area contributed by atoms with E-state index >= 15 is 0 Å². The van der Waals surface area contributed by atoms with E-state index in [4.69, 9.17) is 11.6 Å². The topological polar surface area (TPSA) is 61.4 Å². The Morgan fingerprint density at radius 2 is 2.00 bits per heavy atom. The van der Waals surface area contributed by atoms with Crippen LogP contribution in [0.2, 0.25) is 5.02 Å². The van der Waals surface area contributed by atoms with Crippen molar-refractivity contribution in [3.63, 3.8) is 0 Å². The molecule has 0 saturated heterocycles. The van der Waals surface area contributed by atoms with Crippen LogP contribution in [0.5, 0.6) is 0 Å². The molecular formula is C14H24ClN3O2S. The second-order valence-corrected chi connectivity index (χ2v) is 7.51. The Hall–Kier alpha value is -0.820. The molecular weight excluding hydrogens is 310 g/mol. The van der Waals surface area contributed by atoms with E-state index in [0.717, 1.165) is 18.5 Å². The van der Waals surface area contributed by atoms with Crippen molar-refractivity contribution in [1.82, 2.24) is 9.62 Å². The lowest BCUT2D eigenvalue weighted by Gasteiger charge is -2.20. The van der Waals surface area contributed by atoms with Crippen LogP contribution in [0.4, 0.5) is 5.69 Å². The van der Waals surface area contributed by atoms with E-state index in [-0.39, 0.29) is 0 Å². The van der Waals surface area contributed by atoms with Crippen molar-refractivity contribution in [2.45, 2.75) is 33.2 Å². The van der Waals surface area contributed by atoms with Crippen LogP contribution in [0.1, 0.15) is 25.8 Å². The summed E-state index contributed by atoms with van der Waals surface area (Å²) in [5, 5.41) is 3.65. The highest BCUT2D eigenvalue weighted by molar-refractivity contribution is 7.90. The lowest BCUT2D eigenvalue weighted by atomic mass is 10.2. The molecule has 1 aromatic rings. The first-order valence-electron chi connectivity index (χ1n) is 6.96. The monoisotopic (exact) mass is 333 g/mol. The number of rotatable bonds is 8. The van der Waals surface area contributed by atoms with E-state index in [9.17, 15) is 8.42 Å². The van der Waals surface area contributed by atoms with Crippen LogP contribution in [0, 0.1) is 6.92 Å². The van der Waals surface area contributed by atoms with Gasteiger partial charge in [0.25, 0.3) is 0 Å². The van der Waals surface area contributed by atoms with Crippen molar-refractivity contribution in [3.8, 4) is 0 Å². The summed E-state index contributed by atoms with van der Waals surface area (Å²) in [5.41, 5.74) is 1.23. The van der Waals surface area contributed by atoms with E-state index in [1.165, 1.54) is 4.31 Å². The summed E-state index contributed by atoms with van der Waals surface area (Å²) in [7, 11) is -2.03. The smallest absolute Gasteiger partial charge is 0.301 e. The first-order chi connectivity index (χ1) is 9.74. The molecule has 0 aliphatic rings. The third kappa shape index (κ3) is 5.82. The minimum atomic E-state index is -3.59. The first kappa shape index (κ1) is 18.2. The van der Waals surface area contributed by atoms with Crippen molar-refractivity contribution >= 4 is 27.5 Å². The van der Waals surface area contributed by atoms with E-state index in [0.29, 0.717) is 23.3 Å². The van der Waals surface area contributed by atoms with Crippen LogP contribution in [-0.2, 0) is 10.2 Å². The lowest BCUT2D eigenvalue weighted by Crippen LogP contribution is -2.35. The zero-order valence-corrected chi connectivity index (χ0v) is 14.6.